The first-order valence-corrected chi connectivity index (χ1v) is 9.62. The molecule has 2 N–H and O–H groups in total. The van der Waals surface area contributed by atoms with Crippen LogP contribution < -0.4 is 10.6 Å². The third-order valence-corrected chi connectivity index (χ3v) is 4.58. The molecule has 154 valence electrons. The molecule has 0 aliphatic rings. The number of hydrogen-bond acceptors (Lipinski definition) is 5. The van der Waals surface area contributed by atoms with Crippen LogP contribution in [-0.4, -0.2) is 29.4 Å². The van der Waals surface area contributed by atoms with Crippen LogP contribution in [0.3, 0.4) is 0 Å². The van der Waals surface area contributed by atoms with E-state index in [0.29, 0.717) is 34.3 Å². The number of esters is 1. The maximum atomic E-state index is 12.8. The molecule has 0 spiro atoms. The van der Waals surface area contributed by atoms with Crippen molar-refractivity contribution < 1.29 is 19.1 Å². The second kappa shape index (κ2) is 9.17. The van der Waals surface area contributed by atoms with Crippen molar-refractivity contribution in [2.24, 2.45) is 0 Å². The van der Waals surface area contributed by atoms with E-state index < -0.39 is 18.5 Å². The van der Waals surface area contributed by atoms with Crippen molar-refractivity contribution in [1.29, 1.82) is 0 Å². The average Bonchev–Trinajstić information content (AvgIpc) is 2.71. The first-order chi connectivity index (χ1) is 14.4. The highest BCUT2D eigenvalue weighted by Crippen LogP contribution is 2.24. The Morgan fingerprint density at radius 3 is 2.40 bits per heavy atom. The molecule has 0 aliphatic heterocycles. The van der Waals surface area contributed by atoms with E-state index in [4.69, 9.17) is 4.74 Å². The number of nitrogens with zero attached hydrogens (tertiary/aromatic N) is 1. The number of ether oxygens (including phenoxy) is 1. The molecule has 2 amide bonds. The highest BCUT2D eigenvalue weighted by Gasteiger charge is 2.19. The molecule has 0 aliphatic carbocycles. The number of pyridine rings is 1. The third-order valence-electron chi connectivity index (χ3n) is 4.58. The van der Waals surface area contributed by atoms with Gasteiger partial charge in [-0.25, -0.2) is 4.79 Å². The highest BCUT2D eigenvalue weighted by molar-refractivity contribution is 6.06. The Labute approximate surface area is 174 Å². The van der Waals surface area contributed by atoms with Crippen LogP contribution in [0.25, 0.3) is 10.9 Å². The van der Waals surface area contributed by atoms with Crippen molar-refractivity contribution in [3.8, 4) is 0 Å². The number of benzene rings is 2. The molecule has 3 aromatic rings. The highest BCUT2D eigenvalue weighted by atomic mass is 16.5. The molecule has 0 atom stereocenters. The minimum atomic E-state index is -0.567. The van der Waals surface area contributed by atoms with Crippen LogP contribution in [0.1, 0.15) is 35.5 Å². The van der Waals surface area contributed by atoms with Gasteiger partial charge in [-0.15, -0.1) is 0 Å². The molecule has 0 bridgehead atoms. The molecular formula is C23H23N3O4. The van der Waals surface area contributed by atoms with Crippen molar-refractivity contribution in [3.63, 3.8) is 0 Å². The fourth-order valence-electron chi connectivity index (χ4n) is 3.24. The van der Waals surface area contributed by atoms with Crippen LogP contribution in [0.15, 0.2) is 48.5 Å². The second-order valence-corrected chi connectivity index (χ2v) is 6.82. The van der Waals surface area contributed by atoms with Crippen LogP contribution in [0.5, 0.6) is 0 Å². The summed E-state index contributed by atoms with van der Waals surface area (Å²) in [5.41, 5.74) is 3.76. The van der Waals surface area contributed by atoms with E-state index in [1.165, 1.54) is 6.92 Å². The quantitative estimate of drug-likeness (QED) is 0.607. The number of aromatic nitrogens is 1. The molecule has 2 aromatic carbocycles. The largest absolute Gasteiger partial charge is 0.452 e. The lowest BCUT2D eigenvalue weighted by Gasteiger charge is -2.13. The Kier molecular flexibility index (Phi) is 6.41. The Balaban J connectivity index is 1.72. The van der Waals surface area contributed by atoms with Gasteiger partial charge < -0.3 is 15.4 Å². The van der Waals surface area contributed by atoms with Crippen molar-refractivity contribution in [1.82, 2.24) is 4.98 Å². The lowest BCUT2D eigenvalue weighted by molar-refractivity contribution is -0.119. The Morgan fingerprint density at radius 1 is 1.00 bits per heavy atom. The summed E-state index contributed by atoms with van der Waals surface area (Å²) < 4.78 is 5.30. The Bertz CT molecular complexity index is 1120. The molecule has 0 saturated heterocycles. The van der Waals surface area contributed by atoms with Crippen molar-refractivity contribution in [3.05, 3.63) is 65.4 Å². The van der Waals surface area contributed by atoms with Crippen molar-refractivity contribution >= 4 is 40.1 Å². The van der Waals surface area contributed by atoms with Gasteiger partial charge in [-0.05, 0) is 43.2 Å². The van der Waals surface area contributed by atoms with Gasteiger partial charge in [0.2, 0.25) is 5.91 Å². The van der Waals surface area contributed by atoms with Gasteiger partial charge in [0.15, 0.2) is 6.61 Å². The fourth-order valence-corrected chi connectivity index (χ4v) is 3.24. The van der Waals surface area contributed by atoms with E-state index in [1.807, 2.05) is 38.1 Å². The van der Waals surface area contributed by atoms with Gasteiger partial charge in [0.1, 0.15) is 0 Å². The van der Waals surface area contributed by atoms with E-state index in [2.05, 4.69) is 15.6 Å². The molecule has 7 heteroatoms. The van der Waals surface area contributed by atoms with Gasteiger partial charge in [0, 0.05) is 29.4 Å². The lowest BCUT2D eigenvalue weighted by atomic mass is 10.0. The zero-order chi connectivity index (χ0) is 21.7. The van der Waals surface area contributed by atoms with E-state index in [-0.39, 0.29) is 5.91 Å². The fraction of sp³-hybridized carbons (Fsp3) is 0.217. The molecule has 3 rings (SSSR count). The number of para-hydroxylation sites is 1. The van der Waals surface area contributed by atoms with Gasteiger partial charge in [-0.3, -0.25) is 14.6 Å². The normalized spacial score (nSPS) is 10.5. The maximum Gasteiger partial charge on any atom is 0.339 e. The Hall–Kier alpha value is -3.74. The van der Waals surface area contributed by atoms with E-state index in [9.17, 15) is 14.4 Å². The molecule has 0 saturated carbocycles. The number of rotatable bonds is 6. The third kappa shape index (κ3) is 4.81. The number of aryl methyl sites for hydroxylation is 1. The van der Waals surface area contributed by atoms with E-state index in [1.54, 1.807) is 24.3 Å². The van der Waals surface area contributed by atoms with Crippen molar-refractivity contribution in [2.45, 2.75) is 27.2 Å². The monoisotopic (exact) mass is 405 g/mol. The lowest BCUT2D eigenvalue weighted by Crippen LogP contribution is -2.22. The smallest absolute Gasteiger partial charge is 0.339 e. The van der Waals surface area contributed by atoms with Crippen LogP contribution in [-0.2, 0) is 20.7 Å². The molecule has 0 fully saturated rings. The standard InChI is InChI=1S/C23H23N3O4/c1-4-19-14(2)22(18-10-5-6-11-20(18)26-19)23(29)30-13-21(28)25-17-9-7-8-16(12-17)24-15(3)27/h5-12H,4,13H2,1-3H3,(H,24,27)(H,25,28). The number of anilines is 2. The first-order valence-electron chi connectivity index (χ1n) is 9.62. The Morgan fingerprint density at radius 2 is 1.70 bits per heavy atom. The zero-order valence-corrected chi connectivity index (χ0v) is 17.1. The summed E-state index contributed by atoms with van der Waals surface area (Å²) in [5.74, 6) is -1.25. The summed E-state index contributed by atoms with van der Waals surface area (Å²) in [6.07, 6.45) is 0.683. The molecule has 30 heavy (non-hydrogen) atoms. The van der Waals surface area contributed by atoms with Gasteiger partial charge in [0.25, 0.3) is 5.91 Å². The number of carbonyl (C=O) groups is 3. The molecular weight excluding hydrogens is 382 g/mol. The van der Waals surface area contributed by atoms with Crippen LogP contribution in [0.2, 0.25) is 0 Å². The summed E-state index contributed by atoms with van der Waals surface area (Å²) in [4.78, 5) is 40.8. The predicted octanol–water partition coefficient (Wildman–Crippen LogP) is 3.86. The molecule has 1 aromatic heterocycles. The summed E-state index contributed by atoms with van der Waals surface area (Å²) >= 11 is 0. The van der Waals surface area contributed by atoms with Gasteiger partial charge in [-0.1, -0.05) is 31.2 Å². The van der Waals surface area contributed by atoms with Gasteiger partial charge >= 0.3 is 5.97 Å². The summed E-state index contributed by atoms with van der Waals surface area (Å²) in [6, 6.07) is 14.1. The van der Waals surface area contributed by atoms with E-state index in [0.717, 1.165) is 11.3 Å². The van der Waals surface area contributed by atoms with Crippen LogP contribution >= 0.6 is 0 Å². The minimum Gasteiger partial charge on any atom is -0.452 e. The molecule has 7 nitrogen and oxygen atoms in total. The van der Waals surface area contributed by atoms with Gasteiger partial charge in [-0.2, -0.15) is 0 Å². The first kappa shape index (κ1) is 21.0. The molecule has 1 heterocycles. The molecule has 0 radical (unpaired) electrons. The average molecular weight is 405 g/mol. The summed E-state index contributed by atoms with van der Waals surface area (Å²) in [7, 11) is 0. The van der Waals surface area contributed by atoms with E-state index >= 15 is 0 Å². The number of fused-ring (bicyclic) bond motifs is 1. The van der Waals surface area contributed by atoms with Gasteiger partial charge in [0.05, 0.1) is 11.1 Å². The number of hydrogen-bond donors (Lipinski definition) is 2. The molecule has 0 unspecified atom stereocenters. The summed E-state index contributed by atoms with van der Waals surface area (Å²) in [6.45, 7) is 4.78. The maximum absolute atomic E-state index is 12.8. The number of nitrogens with one attached hydrogen (secondary N) is 2. The SMILES string of the molecule is CCc1nc2ccccc2c(C(=O)OCC(=O)Nc2cccc(NC(C)=O)c2)c1C. The second-order valence-electron chi connectivity index (χ2n) is 6.82. The summed E-state index contributed by atoms with van der Waals surface area (Å²) in [5, 5.41) is 5.99. The number of amides is 2. The van der Waals surface area contributed by atoms with Crippen LogP contribution in [0, 0.1) is 6.92 Å². The minimum absolute atomic E-state index is 0.209. The van der Waals surface area contributed by atoms with Crippen molar-refractivity contribution in [2.75, 3.05) is 17.2 Å². The zero-order valence-electron chi connectivity index (χ0n) is 17.1. The topological polar surface area (TPSA) is 97.4 Å². The predicted molar refractivity (Wildman–Crippen MR) is 116 cm³/mol. The van der Waals surface area contributed by atoms with Crippen LogP contribution in [0.4, 0.5) is 11.4 Å². The number of carbonyl (C=O) groups excluding carboxylic acids is 3.